The fourth-order valence-corrected chi connectivity index (χ4v) is 5.14. The van der Waals surface area contributed by atoms with E-state index in [1.165, 1.54) is 0 Å². The van der Waals surface area contributed by atoms with Crippen molar-refractivity contribution in [3.8, 4) is 5.75 Å². The van der Waals surface area contributed by atoms with E-state index in [0.717, 1.165) is 30.8 Å². The minimum atomic E-state index is -0.709. The Labute approximate surface area is 240 Å². The van der Waals surface area contributed by atoms with Crippen molar-refractivity contribution in [1.82, 2.24) is 10.2 Å². The van der Waals surface area contributed by atoms with Gasteiger partial charge in [-0.25, -0.2) is 0 Å². The number of rotatable bonds is 10. The van der Waals surface area contributed by atoms with Gasteiger partial charge in [0.05, 0.1) is 4.47 Å². The lowest BCUT2D eigenvalue weighted by molar-refractivity contribution is -0.143. The van der Waals surface area contributed by atoms with Crippen molar-refractivity contribution in [2.75, 3.05) is 6.61 Å². The Kier molecular flexibility index (Phi) is 9.58. The molecule has 4 rings (SSSR count). The van der Waals surface area contributed by atoms with E-state index in [1.54, 1.807) is 4.90 Å². The topological polar surface area (TPSA) is 58.6 Å². The van der Waals surface area contributed by atoms with Crippen LogP contribution in [0.4, 0.5) is 0 Å². The van der Waals surface area contributed by atoms with Crippen LogP contribution < -0.4 is 10.1 Å². The predicted molar refractivity (Wildman–Crippen MR) is 159 cm³/mol. The number of nitrogens with one attached hydrogen (secondary N) is 1. The van der Waals surface area contributed by atoms with Gasteiger partial charge >= 0.3 is 0 Å². The van der Waals surface area contributed by atoms with Crippen LogP contribution in [0.5, 0.6) is 5.75 Å². The zero-order valence-electron chi connectivity index (χ0n) is 21.4. The fourth-order valence-electron chi connectivity index (χ4n) is 4.27. The van der Waals surface area contributed by atoms with E-state index >= 15 is 0 Å². The molecule has 1 atom stereocenters. The molecule has 0 aliphatic rings. The van der Waals surface area contributed by atoms with Crippen LogP contribution >= 0.6 is 31.9 Å². The highest BCUT2D eigenvalue weighted by atomic mass is 79.9. The molecule has 0 spiro atoms. The van der Waals surface area contributed by atoms with Gasteiger partial charge < -0.3 is 15.0 Å². The Bertz CT molecular complexity index is 1390. The summed E-state index contributed by atoms with van der Waals surface area (Å²) >= 11 is 7.10. The van der Waals surface area contributed by atoms with Crippen molar-refractivity contribution in [1.29, 1.82) is 0 Å². The van der Waals surface area contributed by atoms with E-state index in [9.17, 15) is 9.59 Å². The highest BCUT2D eigenvalue weighted by Gasteiger charge is 2.31. The summed E-state index contributed by atoms with van der Waals surface area (Å²) < 4.78 is 7.77. The number of fused-ring (bicyclic) bond motifs is 1. The smallest absolute Gasteiger partial charge is 0.261 e. The second kappa shape index (κ2) is 13.1. The molecule has 1 N–H and O–H groups in total. The van der Waals surface area contributed by atoms with Gasteiger partial charge in [-0.15, -0.1) is 0 Å². The molecule has 0 saturated heterocycles. The van der Waals surface area contributed by atoms with Crippen molar-refractivity contribution < 1.29 is 14.3 Å². The number of carbonyl (C=O) groups excluding carboxylic acids is 2. The first-order valence-corrected chi connectivity index (χ1v) is 14.1. The third kappa shape index (κ3) is 7.23. The van der Waals surface area contributed by atoms with Crippen LogP contribution in [-0.2, 0) is 22.6 Å². The summed E-state index contributed by atoms with van der Waals surface area (Å²) in [4.78, 5) is 28.9. The van der Waals surface area contributed by atoms with E-state index < -0.39 is 6.04 Å². The molecule has 0 saturated carbocycles. The fraction of sp³-hybridized carbons (Fsp3) is 0.226. The summed E-state index contributed by atoms with van der Waals surface area (Å²) in [6.07, 6.45) is 0.390. The second-order valence-electron chi connectivity index (χ2n) is 9.40. The molecule has 0 aliphatic carbocycles. The number of amides is 2. The molecule has 0 bridgehead atoms. The Balaban J connectivity index is 1.63. The lowest BCUT2D eigenvalue weighted by Gasteiger charge is -2.32. The van der Waals surface area contributed by atoms with Crippen molar-refractivity contribution >= 4 is 54.4 Å². The summed E-state index contributed by atoms with van der Waals surface area (Å²) in [6.45, 7) is 3.91. The summed E-state index contributed by atoms with van der Waals surface area (Å²) in [5, 5.41) is 5.08. The summed E-state index contributed by atoms with van der Waals surface area (Å²) in [5.41, 5.74) is 1.90. The molecule has 196 valence electrons. The van der Waals surface area contributed by atoms with Crippen molar-refractivity contribution in [2.45, 2.75) is 38.9 Å². The molecule has 0 aromatic heterocycles. The molecule has 0 radical (unpaired) electrons. The highest BCUT2D eigenvalue weighted by molar-refractivity contribution is 9.11. The minimum absolute atomic E-state index is 0.0600. The van der Waals surface area contributed by atoms with E-state index in [0.29, 0.717) is 12.2 Å². The Morgan fingerprint density at radius 2 is 1.53 bits per heavy atom. The van der Waals surface area contributed by atoms with Crippen LogP contribution in [0.2, 0.25) is 0 Å². The molecule has 0 aliphatic heterocycles. The first-order chi connectivity index (χ1) is 18.3. The number of carbonyl (C=O) groups is 2. The maximum absolute atomic E-state index is 13.8. The zero-order valence-corrected chi connectivity index (χ0v) is 24.5. The maximum Gasteiger partial charge on any atom is 0.261 e. The van der Waals surface area contributed by atoms with Gasteiger partial charge in [-0.2, -0.15) is 0 Å². The van der Waals surface area contributed by atoms with Crippen LogP contribution in [0.25, 0.3) is 10.8 Å². The average molecular weight is 638 g/mol. The number of halogens is 2. The van der Waals surface area contributed by atoms with E-state index in [2.05, 4.69) is 37.2 Å². The van der Waals surface area contributed by atoms with E-state index in [4.69, 9.17) is 4.74 Å². The van der Waals surface area contributed by atoms with E-state index in [-0.39, 0.29) is 31.0 Å². The van der Waals surface area contributed by atoms with Crippen LogP contribution in [0.15, 0.2) is 99.9 Å². The number of hydrogen-bond donors (Lipinski definition) is 1. The Hall–Kier alpha value is -3.16. The zero-order chi connectivity index (χ0) is 27.1. The lowest BCUT2D eigenvalue weighted by Crippen LogP contribution is -2.52. The van der Waals surface area contributed by atoms with Crippen LogP contribution in [-0.4, -0.2) is 35.4 Å². The molecule has 2 amide bonds. The largest absolute Gasteiger partial charge is 0.483 e. The van der Waals surface area contributed by atoms with Gasteiger partial charge in [-0.3, -0.25) is 9.59 Å². The molecule has 5 nitrogen and oxygen atoms in total. The standard InChI is InChI=1S/C31H30Br2N2O3/c1-21(2)34-31(37)27(18-22-8-4-3-5-9-22)35(19-23-12-15-25(32)16-13-23)29(36)20-38-28-17-14-24-10-6-7-11-26(24)30(28)33/h3-17,21,27H,18-20H2,1-2H3,(H,34,37)/t27-/m1/s1. The molecule has 4 aromatic carbocycles. The summed E-state index contributed by atoms with van der Waals surface area (Å²) in [6, 6.07) is 28.5. The normalized spacial score (nSPS) is 11.8. The lowest BCUT2D eigenvalue weighted by atomic mass is 10.0. The summed E-state index contributed by atoms with van der Waals surface area (Å²) in [7, 11) is 0. The third-order valence-corrected chi connectivity index (χ3v) is 7.49. The minimum Gasteiger partial charge on any atom is -0.483 e. The molecule has 0 heterocycles. The number of hydrogen-bond acceptors (Lipinski definition) is 3. The van der Waals surface area contributed by atoms with Gasteiger partial charge in [-0.1, -0.05) is 88.7 Å². The van der Waals surface area contributed by atoms with Crippen molar-refractivity contribution in [3.05, 3.63) is 111 Å². The van der Waals surface area contributed by atoms with Crippen molar-refractivity contribution in [3.63, 3.8) is 0 Å². The van der Waals surface area contributed by atoms with Gasteiger partial charge in [0.2, 0.25) is 5.91 Å². The first kappa shape index (κ1) is 27.9. The van der Waals surface area contributed by atoms with Gasteiger partial charge in [-0.05, 0) is 69.9 Å². The monoisotopic (exact) mass is 636 g/mol. The first-order valence-electron chi connectivity index (χ1n) is 12.5. The van der Waals surface area contributed by atoms with Gasteiger partial charge in [0.25, 0.3) is 5.91 Å². The predicted octanol–water partition coefficient (Wildman–Crippen LogP) is 6.91. The number of nitrogens with zero attached hydrogens (tertiary/aromatic N) is 1. The quantitative estimate of drug-likeness (QED) is 0.206. The summed E-state index contributed by atoms with van der Waals surface area (Å²) in [5.74, 6) is 0.112. The van der Waals surface area contributed by atoms with Crippen LogP contribution in [0.1, 0.15) is 25.0 Å². The SMILES string of the molecule is CC(C)NC(=O)[C@@H](Cc1ccccc1)N(Cc1ccc(Br)cc1)C(=O)COc1ccc2ccccc2c1Br. The van der Waals surface area contributed by atoms with Crippen LogP contribution in [0.3, 0.4) is 0 Å². The second-order valence-corrected chi connectivity index (χ2v) is 11.1. The molecule has 7 heteroatoms. The molecule has 38 heavy (non-hydrogen) atoms. The van der Waals surface area contributed by atoms with Gasteiger partial charge in [0, 0.05) is 23.5 Å². The third-order valence-electron chi connectivity index (χ3n) is 6.15. The van der Waals surface area contributed by atoms with Crippen LogP contribution in [0, 0.1) is 0 Å². The average Bonchev–Trinajstić information content (AvgIpc) is 2.91. The molecule has 0 fully saturated rings. The Morgan fingerprint density at radius 1 is 0.842 bits per heavy atom. The maximum atomic E-state index is 13.8. The molecule has 0 unspecified atom stereocenters. The molecule has 4 aromatic rings. The Morgan fingerprint density at radius 3 is 2.24 bits per heavy atom. The van der Waals surface area contributed by atoms with Gasteiger partial charge in [0.15, 0.2) is 6.61 Å². The van der Waals surface area contributed by atoms with E-state index in [1.807, 2.05) is 105 Å². The highest BCUT2D eigenvalue weighted by Crippen LogP contribution is 2.33. The molecular formula is C31H30Br2N2O3. The number of benzene rings is 4. The van der Waals surface area contributed by atoms with Gasteiger partial charge in [0.1, 0.15) is 11.8 Å². The number of ether oxygens (including phenoxy) is 1. The van der Waals surface area contributed by atoms with Crippen molar-refractivity contribution in [2.24, 2.45) is 0 Å². The molecular weight excluding hydrogens is 608 g/mol.